The maximum atomic E-state index is 9.42. The van der Waals surface area contributed by atoms with Crippen LogP contribution in [0.25, 0.3) is 98.8 Å². The Morgan fingerprint density at radius 2 is 0.918 bits per heavy atom. The van der Waals surface area contributed by atoms with Crippen molar-refractivity contribution in [3.63, 3.8) is 0 Å². The van der Waals surface area contributed by atoms with E-state index in [1.54, 1.807) is 24.3 Å². The minimum absolute atomic E-state index is 0.0505. The van der Waals surface area contributed by atoms with Gasteiger partial charge in [0, 0.05) is 16.2 Å². The number of benzene rings is 9. The summed E-state index contributed by atoms with van der Waals surface area (Å²) in [4.78, 5) is 0. The lowest BCUT2D eigenvalue weighted by atomic mass is 9.83. The first kappa shape index (κ1) is 20.0. The van der Waals surface area contributed by atoms with E-state index >= 15 is 0 Å². The van der Waals surface area contributed by atoms with E-state index in [1.807, 2.05) is 60.7 Å². The average molecular weight is 632 g/mol. The van der Waals surface area contributed by atoms with E-state index in [1.165, 1.54) is 0 Å². The van der Waals surface area contributed by atoms with Gasteiger partial charge in [-0.3, -0.25) is 0 Å². The number of hydrogen-bond acceptors (Lipinski definition) is 1. The van der Waals surface area contributed by atoms with Gasteiger partial charge in [-0.15, -0.1) is 0 Å². The molecule has 49 heavy (non-hydrogen) atoms. The first-order chi connectivity index (χ1) is 28.0. The molecule has 0 aliphatic heterocycles. The van der Waals surface area contributed by atoms with Crippen molar-refractivity contribution < 1.29 is 16.8 Å². The zero-order valence-electron chi connectivity index (χ0n) is 35.0. The van der Waals surface area contributed by atoms with Crippen molar-refractivity contribution >= 4 is 54.3 Å². The van der Waals surface area contributed by atoms with Crippen molar-refractivity contribution in [1.29, 1.82) is 0 Å². The largest absolute Gasteiger partial charge is 0.455 e. The molecule has 1 nitrogen and oxygen atoms in total. The molecule has 1 aromatic heterocycles. The number of fused-ring (bicyclic) bond motifs is 7. The predicted molar refractivity (Wildman–Crippen MR) is 208 cm³/mol. The van der Waals surface area contributed by atoms with Crippen LogP contribution < -0.4 is 0 Å². The summed E-state index contributed by atoms with van der Waals surface area (Å²) in [5, 5.41) is 7.59. The first-order valence-electron chi connectivity index (χ1n) is 20.6. The van der Waals surface area contributed by atoms with Gasteiger partial charge in [-0.2, -0.15) is 0 Å². The second kappa shape index (κ2) is 11.1. The Kier molecular flexibility index (Phi) is 4.53. The van der Waals surface area contributed by atoms with Crippen molar-refractivity contribution in [2.75, 3.05) is 0 Å². The van der Waals surface area contributed by atoms with Gasteiger partial charge in [0.25, 0.3) is 0 Å². The normalized spacial score (nSPS) is 14.2. The van der Waals surface area contributed by atoms with Crippen LogP contribution in [0.4, 0.5) is 0 Å². The third-order valence-electron chi connectivity index (χ3n) is 9.48. The van der Waals surface area contributed by atoms with Gasteiger partial charge in [0.05, 0.1) is 12.3 Å². The second-order valence-electron chi connectivity index (χ2n) is 12.1. The molecule has 1 heterocycles. The highest BCUT2D eigenvalue weighted by molar-refractivity contribution is 6.23. The predicted octanol–water partition coefficient (Wildman–Crippen LogP) is 13.7. The first-order valence-corrected chi connectivity index (χ1v) is 16.1. The fraction of sp³-hybridized carbons (Fsp3) is 0. The molecule has 0 N–H and O–H groups in total. The molecular weight excluding hydrogens is 593 g/mol. The molecule has 0 radical (unpaired) electrons. The SMILES string of the molecule is [2H]c1c([2H])c([2H])c(-c2ccc(-c3c([2H])c([2H])c([2H])c([2H])c3-c3c4ccccc4c(-c4ccc5c(c4)oc4c6ccccc6ccc54)c4ccccc34)cc2)c([2H])c1[2H]. The average Bonchev–Trinajstić information content (AvgIpc) is 3.63. The minimum Gasteiger partial charge on any atom is -0.455 e. The van der Waals surface area contributed by atoms with Gasteiger partial charge in [0.15, 0.2) is 0 Å². The zero-order chi connectivity index (χ0) is 40.1. The van der Waals surface area contributed by atoms with Crippen LogP contribution in [0.3, 0.4) is 0 Å². The maximum Gasteiger partial charge on any atom is 0.143 e. The van der Waals surface area contributed by atoms with Crippen molar-refractivity contribution in [1.82, 2.24) is 0 Å². The summed E-state index contributed by atoms with van der Waals surface area (Å²) in [6.07, 6.45) is 0. The van der Waals surface area contributed by atoms with Crippen LogP contribution in [0.5, 0.6) is 0 Å². The Bertz CT molecular complexity index is 3300. The Hall–Kier alpha value is -6.44. The van der Waals surface area contributed by atoms with Crippen LogP contribution in [0.1, 0.15) is 12.3 Å². The molecule has 0 bridgehead atoms. The Morgan fingerprint density at radius 3 is 1.63 bits per heavy atom. The van der Waals surface area contributed by atoms with Gasteiger partial charge in [-0.25, -0.2) is 0 Å². The Labute approximate surface area is 297 Å². The van der Waals surface area contributed by atoms with Crippen LogP contribution >= 0.6 is 0 Å². The molecule has 1 heteroatoms. The topological polar surface area (TPSA) is 13.1 Å². The highest BCUT2D eigenvalue weighted by atomic mass is 16.3. The molecule has 9 aromatic carbocycles. The minimum atomic E-state index is -0.477. The molecule has 0 atom stereocenters. The van der Waals surface area contributed by atoms with Crippen LogP contribution in [0, 0.1) is 0 Å². The van der Waals surface area contributed by atoms with Crippen LogP contribution in [-0.2, 0) is 0 Å². The van der Waals surface area contributed by atoms with E-state index in [9.17, 15) is 2.74 Å². The lowest BCUT2D eigenvalue weighted by Crippen LogP contribution is -1.92. The molecule has 0 unspecified atom stereocenters. The maximum absolute atomic E-state index is 9.42. The van der Waals surface area contributed by atoms with E-state index in [0.29, 0.717) is 22.3 Å². The summed E-state index contributed by atoms with van der Waals surface area (Å²) in [6, 6.07) is 38.0. The van der Waals surface area contributed by atoms with E-state index in [0.717, 1.165) is 65.4 Å². The zero-order valence-corrected chi connectivity index (χ0v) is 26.0. The Morgan fingerprint density at radius 1 is 0.367 bits per heavy atom. The number of hydrogen-bond donors (Lipinski definition) is 0. The summed E-state index contributed by atoms with van der Waals surface area (Å²) < 4.78 is 84.2. The van der Waals surface area contributed by atoms with Crippen molar-refractivity contribution in [2.24, 2.45) is 0 Å². The highest BCUT2D eigenvalue weighted by Crippen LogP contribution is 2.47. The smallest absolute Gasteiger partial charge is 0.143 e. The molecule has 0 fully saturated rings. The van der Waals surface area contributed by atoms with Gasteiger partial charge in [0.1, 0.15) is 11.2 Å². The van der Waals surface area contributed by atoms with Gasteiger partial charge >= 0.3 is 0 Å². The van der Waals surface area contributed by atoms with Crippen LogP contribution in [-0.4, -0.2) is 0 Å². The summed E-state index contributed by atoms with van der Waals surface area (Å²) in [5.74, 6) is 0. The van der Waals surface area contributed by atoms with Gasteiger partial charge in [-0.1, -0.05) is 164 Å². The molecule has 0 aliphatic rings. The highest BCUT2D eigenvalue weighted by Gasteiger charge is 2.20. The third kappa shape index (κ3) is 4.40. The molecule has 0 saturated heterocycles. The second-order valence-corrected chi connectivity index (χ2v) is 12.1. The van der Waals surface area contributed by atoms with E-state index in [-0.39, 0.29) is 47.4 Å². The number of rotatable bonds is 4. The lowest BCUT2D eigenvalue weighted by molar-refractivity contribution is 0.673. The monoisotopic (exact) mass is 631 g/mol. The van der Waals surface area contributed by atoms with Gasteiger partial charge in [-0.05, 0) is 89.6 Å². The molecule has 10 rings (SSSR count). The summed E-state index contributed by atoms with van der Waals surface area (Å²) in [7, 11) is 0. The van der Waals surface area contributed by atoms with Gasteiger partial charge < -0.3 is 4.42 Å². The fourth-order valence-electron chi connectivity index (χ4n) is 7.28. The van der Waals surface area contributed by atoms with E-state index in [4.69, 9.17) is 14.0 Å². The van der Waals surface area contributed by atoms with E-state index < -0.39 is 18.1 Å². The molecule has 0 aliphatic carbocycles. The lowest BCUT2D eigenvalue weighted by Gasteiger charge is -2.19. The number of furan rings is 1. The molecule has 228 valence electrons. The quantitative estimate of drug-likeness (QED) is 0.176. The summed E-state index contributed by atoms with van der Waals surface area (Å²) >= 11 is 0. The summed E-state index contributed by atoms with van der Waals surface area (Å²) in [6.45, 7) is 0. The Balaban J connectivity index is 1.23. The van der Waals surface area contributed by atoms with Crippen molar-refractivity contribution in [2.45, 2.75) is 0 Å². The van der Waals surface area contributed by atoms with E-state index in [2.05, 4.69) is 42.5 Å². The van der Waals surface area contributed by atoms with Crippen LogP contribution in [0.2, 0.25) is 0 Å². The summed E-state index contributed by atoms with van der Waals surface area (Å²) in [5.41, 5.74) is 5.70. The molecule has 0 spiro atoms. The molecular formula is C48H30O. The van der Waals surface area contributed by atoms with Crippen molar-refractivity contribution in [3.05, 3.63) is 182 Å². The fourth-order valence-corrected chi connectivity index (χ4v) is 7.28. The van der Waals surface area contributed by atoms with Crippen molar-refractivity contribution in [3.8, 4) is 44.5 Å². The molecule has 0 amide bonds. The third-order valence-corrected chi connectivity index (χ3v) is 9.48. The molecule has 0 saturated carbocycles. The van der Waals surface area contributed by atoms with Crippen LogP contribution in [0.15, 0.2) is 186 Å². The molecule has 10 aromatic rings. The standard InChI is InChI=1S/C48H30O/c1-2-12-31(13-3-1)32-22-24-34(25-23-32)36-15-6-7-17-39(36)47-42-20-10-8-18-40(42)46(41-19-9-11-21-43(41)47)35-27-28-38-44-29-26-33-14-4-5-16-37(33)48(44)49-45(38)30-35/h1-30H/i1D,2D,3D,6D,7D,12D,13D,15D,17D. The van der Waals surface area contributed by atoms with Gasteiger partial charge in [0.2, 0.25) is 0 Å².